The largest absolute Gasteiger partial charge is 0.506 e. The van der Waals surface area contributed by atoms with Crippen LogP contribution in [0.4, 0.5) is 5.69 Å². The molecule has 8 heteroatoms. The van der Waals surface area contributed by atoms with E-state index in [0.717, 1.165) is 4.31 Å². The van der Waals surface area contributed by atoms with Gasteiger partial charge >= 0.3 is 10.2 Å². The van der Waals surface area contributed by atoms with Gasteiger partial charge in [0.1, 0.15) is 12.3 Å². The van der Waals surface area contributed by atoms with Crippen molar-refractivity contribution in [3.63, 3.8) is 0 Å². The molecule has 0 bridgehead atoms. The van der Waals surface area contributed by atoms with Crippen LogP contribution in [0.3, 0.4) is 0 Å². The number of nitriles is 1. The van der Waals surface area contributed by atoms with E-state index in [0.29, 0.717) is 16.7 Å². The zero-order valence-corrected chi connectivity index (χ0v) is 12.5. The molecule has 2 aromatic carbocycles. The smallest absolute Gasteiger partial charge is 0.326 e. The molecule has 116 valence electrons. The molecule has 2 N–H and O–H groups in total. The van der Waals surface area contributed by atoms with Gasteiger partial charge in [-0.3, -0.25) is 4.79 Å². The molecule has 1 fully saturated rings. The van der Waals surface area contributed by atoms with Gasteiger partial charge < -0.3 is 5.11 Å². The lowest BCUT2D eigenvalue weighted by Crippen LogP contribution is -2.29. The Kier molecular flexibility index (Phi) is 3.42. The van der Waals surface area contributed by atoms with Crippen LogP contribution >= 0.6 is 0 Å². The van der Waals surface area contributed by atoms with Crippen LogP contribution in [0, 0.1) is 11.3 Å². The molecule has 1 saturated heterocycles. The second-order valence-electron chi connectivity index (χ2n) is 4.93. The molecule has 0 atom stereocenters. The van der Waals surface area contributed by atoms with Gasteiger partial charge in [0.25, 0.3) is 5.91 Å². The van der Waals surface area contributed by atoms with Gasteiger partial charge in [-0.1, -0.05) is 18.2 Å². The highest BCUT2D eigenvalue weighted by atomic mass is 32.2. The topological polar surface area (TPSA) is 110 Å². The van der Waals surface area contributed by atoms with Crippen molar-refractivity contribution in [2.24, 2.45) is 0 Å². The van der Waals surface area contributed by atoms with Gasteiger partial charge in [-0.05, 0) is 35.4 Å². The first-order valence-electron chi connectivity index (χ1n) is 6.57. The zero-order valence-electron chi connectivity index (χ0n) is 11.7. The molecule has 23 heavy (non-hydrogen) atoms. The monoisotopic (exact) mass is 329 g/mol. The molecule has 1 aliphatic heterocycles. The second-order valence-corrected chi connectivity index (χ2v) is 6.53. The fraction of sp³-hybridized carbons (Fsp3) is 0.0667. The van der Waals surface area contributed by atoms with E-state index in [-0.39, 0.29) is 11.4 Å². The van der Waals surface area contributed by atoms with Gasteiger partial charge in [0.05, 0.1) is 17.3 Å². The molecule has 0 saturated carbocycles. The van der Waals surface area contributed by atoms with Gasteiger partial charge in [0.2, 0.25) is 0 Å². The van der Waals surface area contributed by atoms with E-state index < -0.39 is 22.7 Å². The number of rotatable bonds is 2. The highest BCUT2D eigenvalue weighted by Crippen LogP contribution is 2.34. The van der Waals surface area contributed by atoms with E-state index >= 15 is 0 Å². The van der Waals surface area contributed by atoms with E-state index in [2.05, 4.69) is 0 Å². The summed E-state index contributed by atoms with van der Waals surface area (Å²) in [5.74, 6) is -0.924. The average Bonchev–Trinajstić information content (AvgIpc) is 2.80. The summed E-state index contributed by atoms with van der Waals surface area (Å²) in [6.07, 6.45) is 0. The van der Waals surface area contributed by atoms with Crippen LogP contribution < -0.4 is 9.03 Å². The SMILES string of the molecule is N#Cc1cccc(-c2ccc(O)c(N3CC(=O)NS3(=O)=O)c2)c1. The third-order valence-electron chi connectivity index (χ3n) is 3.39. The second kappa shape index (κ2) is 5.30. The molecule has 0 spiro atoms. The molecule has 3 rings (SSSR count). The van der Waals surface area contributed by atoms with E-state index in [1.807, 2.05) is 10.8 Å². The van der Waals surface area contributed by atoms with Crippen LogP contribution in [-0.2, 0) is 15.0 Å². The molecular formula is C15H11N3O4S. The first-order chi connectivity index (χ1) is 10.9. The third-order valence-corrected chi connectivity index (χ3v) is 4.78. The lowest BCUT2D eigenvalue weighted by molar-refractivity contribution is -0.117. The van der Waals surface area contributed by atoms with E-state index in [1.54, 1.807) is 30.3 Å². The zero-order chi connectivity index (χ0) is 16.6. The maximum atomic E-state index is 11.9. The van der Waals surface area contributed by atoms with E-state index in [9.17, 15) is 18.3 Å². The number of hydrogen-bond donors (Lipinski definition) is 2. The van der Waals surface area contributed by atoms with Crippen LogP contribution in [0.1, 0.15) is 5.56 Å². The predicted molar refractivity (Wildman–Crippen MR) is 82.7 cm³/mol. The van der Waals surface area contributed by atoms with Crippen molar-refractivity contribution in [1.29, 1.82) is 5.26 Å². The molecule has 1 amide bonds. The minimum absolute atomic E-state index is 0.00297. The van der Waals surface area contributed by atoms with Crippen molar-refractivity contribution in [3.8, 4) is 22.9 Å². The number of nitrogens with zero attached hydrogens (tertiary/aromatic N) is 2. The first kappa shape index (κ1) is 14.9. The van der Waals surface area contributed by atoms with E-state index in [1.165, 1.54) is 12.1 Å². The van der Waals surface area contributed by atoms with Crippen molar-refractivity contribution in [2.75, 3.05) is 10.8 Å². The summed E-state index contributed by atoms with van der Waals surface area (Å²) in [6.45, 7) is -0.391. The number of carbonyl (C=O) groups is 1. The molecule has 7 nitrogen and oxygen atoms in total. The number of amides is 1. The van der Waals surface area contributed by atoms with Crippen molar-refractivity contribution >= 4 is 21.8 Å². The number of anilines is 1. The highest BCUT2D eigenvalue weighted by molar-refractivity contribution is 7.92. The van der Waals surface area contributed by atoms with Gasteiger partial charge in [0.15, 0.2) is 0 Å². The number of nitrogens with one attached hydrogen (secondary N) is 1. The van der Waals surface area contributed by atoms with Gasteiger partial charge in [-0.2, -0.15) is 13.7 Å². The van der Waals surface area contributed by atoms with Crippen LogP contribution in [0.2, 0.25) is 0 Å². The number of carbonyl (C=O) groups excluding carboxylic acids is 1. The molecule has 0 unspecified atom stereocenters. The number of aromatic hydroxyl groups is 1. The predicted octanol–water partition coefficient (Wildman–Crippen LogP) is 1.11. The van der Waals surface area contributed by atoms with Crippen molar-refractivity contribution in [3.05, 3.63) is 48.0 Å². The van der Waals surface area contributed by atoms with Crippen molar-refractivity contribution in [2.45, 2.75) is 0 Å². The Balaban J connectivity index is 2.10. The Hall–Kier alpha value is -3.05. The molecule has 1 aliphatic rings. The highest BCUT2D eigenvalue weighted by Gasteiger charge is 2.35. The summed E-state index contributed by atoms with van der Waals surface area (Å²) < 4.78 is 26.5. The molecule has 0 radical (unpaired) electrons. The first-order valence-corrected chi connectivity index (χ1v) is 8.01. The maximum absolute atomic E-state index is 11.9. The number of benzene rings is 2. The van der Waals surface area contributed by atoms with Crippen LogP contribution in [0.15, 0.2) is 42.5 Å². The van der Waals surface area contributed by atoms with Gasteiger partial charge in [-0.15, -0.1) is 0 Å². The molecule has 1 heterocycles. The van der Waals surface area contributed by atoms with Crippen molar-refractivity contribution < 1.29 is 18.3 Å². The molecule has 0 aromatic heterocycles. The Morgan fingerprint density at radius 2 is 1.91 bits per heavy atom. The summed E-state index contributed by atoms with van der Waals surface area (Å²) in [5, 5.41) is 18.9. The van der Waals surface area contributed by atoms with Crippen LogP contribution in [-0.4, -0.2) is 26.0 Å². The minimum atomic E-state index is -4.00. The summed E-state index contributed by atoms with van der Waals surface area (Å²) in [4.78, 5) is 11.3. The summed E-state index contributed by atoms with van der Waals surface area (Å²) in [6, 6.07) is 13.2. The Morgan fingerprint density at radius 1 is 1.17 bits per heavy atom. The number of phenols is 1. The fourth-order valence-corrected chi connectivity index (χ4v) is 3.49. The van der Waals surface area contributed by atoms with Crippen LogP contribution in [0.25, 0.3) is 11.1 Å². The molecular weight excluding hydrogens is 318 g/mol. The standard InChI is InChI=1S/C15H11N3O4S/c16-8-10-2-1-3-11(6-10)12-4-5-14(19)13(7-12)18-9-15(20)17-23(18,21)22/h1-7,19H,9H2,(H,17,20). The summed E-state index contributed by atoms with van der Waals surface area (Å²) in [7, 11) is -4.00. The Labute approximate surface area is 132 Å². The summed E-state index contributed by atoms with van der Waals surface area (Å²) in [5.41, 5.74) is 1.77. The normalized spacial score (nSPS) is 16.0. The van der Waals surface area contributed by atoms with Gasteiger partial charge in [0, 0.05) is 0 Å². The lowest BCUT2D eigenvalue weighted by atomic mass is 10.0. The third kappa shape index (κ3) is 2.69. The number of phenolic OH excluding ortho intramolecular Hbond substituents is 1. The Bertz CT molecular complexity index is 947. The van der Waals surface area contributed by atoms with Crippen molar-refractivity contribution in [1.82, 2.24) is 4.72 Å². The lowest BCUT2D eigenvalue weighted by Gasteiger charge is -2.17. The van der Waals surface area contributed by atoms with E-state index in [4.69, 9.17) is 5.26 Å². The Morgan fingerprint density at radius 3 is 2.57 bits per heavy atom. The van der Waals surface area contributed by atoms with Crippen LogP contribution in [0.5, 0.6) is 5.75 Å². The molecule has 2 aromatic rings. The number of hydrogen-bond acceptors (Lipinski definition) is 5. The quantitative estimate of drug-likeness (QED) is 0.857. The average molecular weight is 329 g/mol. The minimum Gasteiger partial charge on any atom is -0.506 e. The molecule has 0 aliphatic carbocycles. The van der Waals surface area contributed by atoms with Gasteiger partial charge in [-0.25, -0.2) is 9.03 Å². The fourth-order valence-electron chi connectivity index (χ4n) is 2.33. The summed E-state index contributed by atoms with van der Waals surface area (Å²) >= 11 is 0. The maximum Gasteiger partial charge on any atom is 0.326 e.